The number of allylic oxidation sites excluding steroid dienone is 1. The number of piperidine rings is 1. The average molecular weight is 380 g/mol. The molecule has 1 aromatic carbocycles. The van der Waals surface area contributed by atoms with Crippen LogP contribution in [0.15, 0.2) is 60.6 Å². The Morgan fingerprint density at radius 2 is 1.89 bits per heavy atom. The Morgan fingerprint density at radius 1 is 1.30 bits per heavy atom. The second-order valence-electron chi connectivity index (χ2n) is 6.47. The average Bonchev–Trinajstić information content (AvgIpc) is 2.61. The second-order valence-corrected chi connectivity index (χ2v) is 6.47. The number of hydrogen-bond donors (Lipinski definition) is 2. The predicted octanol–water partition coefficient (Wildman–Crippen LogP) is 4.49. The molecule has 146 valence electrons. The van der Waals surface area contributed by atoms with Crippen LogP contribution in [0, 0.1) is 0 Å². The van der Waals surface area contributed by atoms with Gasteiger partial charge in [-0.1, -0.05) is 37.4 Å². The molecular weight excluding hydrogens is 357 g/mol. The molecule has 1 aliphatic heterocycles. The van der Waals surface area contributed by atoms with Gasteiger partial charge < -0.3 is 15.3 Å². The summed E-state index contributed by atoms with van der Waals surface area (Å²) in [5.74, 6) is -0.743. The summed E-state index contributed by atoms with van der Waals surface area (Å²) in [5.41, 5.74) is 0.215. The van der Waals surface area contributed by atoms with E-state index >= 15 is 0 Å². The maximum absolute atomic E-state index is 13.2. The molecule has 0 spiro atoms. The van der Waals surface area contributed by atoms with Gasteiger partial charge in [-0.3, -0.25) is 0 Å². The topological polar surface area (TPSA) is 52.6 Å². The summed E-state index contributed by atoms with van der Waals surface area (Å²) in [4.78, 5) is 13.1. The molecule has 0 saturated carbocycles. The van der Waals surface area contributed by atoms with Crippen LogP contribution in [-0.2, 0) is 11.0 Å². The number of carboxylic acids is 1. The fourth-order valence-electron chi connectivity index (χ4n) is 3.34. The summed E-state index contributed by atoms with van der Waals surface area (Å²) in [6.45, 7) is 10.1. The molecule has 0 aliphatic carbocycles. The molecule has 27 heavy (non-hydrogen) atoms. The highest BCUT2D eigenvalue weighted by Gasteiger charge is 2.35. The van der Waals surface area contributed by atoms with E-state index in [0.29, 0.717) is 43.0 Å². The van der Waals surface area contributed by atoms with E-state index in [9.17, 15) is 18.0 Å². The predicted molar refractivity (Wildman–Crippen MR) is 97.8 cm³/mol. The molecule has 2 rings (SSSR count). The van der Waals surface area contributed by atoms with E-state index in [2.05, 4.69) is 18.5 Å². The molecule has 4 nitrogen and oxygen atoms in total. The van der Waals surface area contributed by atoms with Gasteiger partial charge in [-0.15, -0.1) is 0 Å². The Hall–Kier alpha value is -2.70. The SMILES string of the molecule is C=C/C(C(=O)O)=C(\C)NC(=C)N1CCC(c2ccccc2C(F)(F)F)CC1. The van der Waals surface area contributed by atoms with Crippen molar-refractivity contribution in [1.82, 2.24) is 10.2 Å². The Balaban J connectivity index is 2.05. The lowest BCUT2D eigenvalue weighted by Crippen LogP contribution is -2.37. The van der Waals surface area contributed by atoms with E-state index in [1.165, 1.54) is 12.1 Å². The Kier molecular flexibility index (Phi) is 6.36. The number of carbonyl (C=O) groups is 1. The number of carboxylic acid groups (broad SMARTS) is 1. The zero-order chi connectivity index (χ0) is 20.2. The molecule has 0 atom stereocenters. The molecule has 0 unspecified atom stereocenters. The smallest absolute Gasteiger partial charge is 0.416 e. The van der Waals surface area contributed by atoms with Crippen LogP contribution in [0.1, 0.15) is 36.8 Å². The van der Waals surface area contributed by atoms with Crippen molar-refractivity contribution < 1.29 is 23.1 Å². The highest BCUT2D eigenvalue weighted by atomic mass is 19.4. The Morgan fingerprint density at radius 3 is 2.41 bits per heavy atom. The lowest BCUT2D eigenvalue weighted by atomic mass is 9.86. The monoisotopic (exact) mass is 380 g/mol. The van der Waals surface area contributed by atoms with Crippen molar-refractivity contribution in [2.45, 2.75) is 31.9 Å². The van der Waals surface area contributed by atoms with Gasteiger partial charge in [0.25, 0.3) is 0 Å². The van der Waals surface area contributed by atoms with Crippen LogP contribution < -0.4 is 5.32 Å². The maximum atomic E-state index is 13.2. The first-order chi connectivity index (χ1) is 12.6. The number of benzene rings is 1. The minimum absolute atomic E-state index is 0.0464. The number of alkyl halides is 3. The number of likely N-dealkylation sites (tertiary alicyclic amines) is 1. The van der Waals surface area contributed by atoms with E-state index in [4.69, 9.17) is 5.11 Å². The molecule has 7 heteroatoms. The van der Waals surface area contributed by atoms with Crippen LogP contribution in [0.3, 0.4) is 0 Å². The summed E-state index contributed by atoms with van der Waals surface area (Å²) in [6.07, 6.45) is -2.00. The summed E-state index contributed by atoms with van der Waals surface area (Å²) < 4.78 is 39.7. The van der Waals surface area contributed by atoms with Crippen molar-refractivity contribution in [3.05, 3.63) is 71.7 Å². The van der Waals surface area contributed by atoms with Gasteiger partial charge in [0.15, 0.2) is 0 Å². The molecule has 0 aromatic heterocycles. The summed E-state index contributed by atoms with van der Waals surface area (Å²) in [7, 11) is 0. The van der Waals surface area contributed by atoms with Gasteiger partial charge in [0.05, 0.1) is 17.0 Å². The van der Waals surface area contributed by atoms with Crippen LogP contribution in [0.5, 0.6) is 0 Å². The van der Waals surface area contributed by atoms with E-state index in [0.717, 1.165) is 6.07 Å². The number of halogens is 3. The van der Waals surface area contributed by atoms with Gasteiger partial charge in [0.1, 0.15) is 0 Å². The minimum atomic E-state index is -4.36. The third kappa shape index (κ3) is 4.93. The normalized spacial score (nSPS) is 16.5. The summed E-state index contributed by atoms with van der Waals surface area (Å²) in [6, 6.07) is 5.71. The highest BCUT2D eigenvalue weighted by molar-refractivity contribution is 5.90. The van der Waals surface area contributed by atoms with Gasteiger partial charge in [-0.05, 0) is 37.3 Å². The third-order valence-electron chi connectivity index (χ3n) is 4.75. The zero-order valence-electron chi connectivity index (χ0n) is 15.1. The zero-order valence-corrected chi connectivity index (χ0v) is 15.1. The van der Waals surface area contributed by atoms with Gasteiger partial charge in [-0.2, -0.15) is 13.2 Å². The van der Waals surface area contributed by atoms with Crippen LogP contribution in [0.4, 0.5) is 13.2 Å². The molecule has 0 amide bonds. The fourth-order valence-corrected chi connectivity index (χ4v) is 3.34. The number of rotatable bonds is 6. The molecular formula is C20H23F3N2O2. The van der Waals surface area contributed by atoms with Crippen LogP contribution in [-0.4, -0.2) is 29.1 Å². The number of aliphatic carboxylic acids is 1. The van der Waals surface area contributed by atoms with Crippen LogP contribution >= 0.6 is 0 Å². The largest absolute Gasteiger partial charge is 0.478 e. The first kappa shape index (κ1) is 20.6. The first-order valence-electron chi connectivity index (χ1n) is 8.58. The summed E-state index contributed by atoms with van der Waals surface area (Å²) in [5, 5.41) is 12.1. The van der Waals surface area contributed by atoms with Crippen molar-refractivity contribution in [2.75, 3.05) is 13.1 Å². The van der Waals surface area contributed by atoms with Crippen molar-refractivity contribution in [3.8, 4) is 0 Å². The lowest BCUT2D eigenvalue weighted by molar-refractivity contribution is -0.138. The highest BCUT2D eigenvalue weighted by Crippen LogP contribution is 2.38. The molecule has 2 N–H and O–H groups in total. The van der Waals surface area contributed by atoms with Crippen molar-refractivity contribution >= 4 is 5.97 Å². The van der Waals surface area contributed by atoms with Crippen LogP contribution in [0.25, 0.3) is 0 Å². The number of nitrogens with one attached hydrogen (secondary N) is 1. The van der Waals surface area contributed by atoms with Gasteiger partial charge in [0, 0.05) is 18.8 Å². The van der Waals surface area contributed by atoms with Gasteiger partial charge in [-0.25, -0.2) is 4.79 Å². The van der Waals surface area contributed by atoms with E-state index < -0.39 is 17.7 Å². The second kappa shape index (κ2) is 8.33. The summed E-state index contributed by atoms with van der Waals surface area (Å²) >= 11 is 0. The molecule has 0 radical (unpaired) electrons. The maximum Gasteiger partial charge on any atom is 0.416 e. The standard InChI is InChI=1S/C20H23F3N2O2/c1-4-16(19(26)27)13(2)24-14(3)25-11-9-15(10-12-25)17-7-5-6-8-18(17)20(21,22)23/h4-8,15,24H,1,3,9-12H2,2H3,(H,26,27)/b16-13-. The molecule has 1 aliphatic rings. The fraction of sp³-hybridized carbons (Fsp3) is 0.350. The number of hydrogen-bond acceptors (Lipinski definition) is 3. The first-order valence-corrected chi connectivity index (χ1v) is 8.58. The molecule has 1 saturated heterocycles. The number of nitrogens with zero attached hydrogens (tertiary/aromatic N) is 1. The molecule has 1 fully saturated rings. The quantitative estimate of drug-likeness (QED) is 0.564. The molecule has 1 heterocycles. The van der Waals surface area contributed by atoms with Crippen LogP contribution in [0.2, 0.25) is 0 Å². The van der Waals surface area contributed by atoms with Crippen molar-refractivity contribution in [1.29, 1.82) is 0 Å². The Bertz CT molecular complexity index is 761. The molecule has 1 aromatic rings. The lowest BCUT2D eigenvalue weighted by Gasteiger charge is -2.36. The van der Waals surface area contributed by atoms with Gasteiger partial charge >= 0.3 is 12.1 Å². The van der Waals surface area contributed by atoms with Crippen molar-refractivity contribution in [2.24, 2.45) is 0 Å². The van der Waals surface area contributed by atoms with Crippen molar-refractivity contribution in [3.63, 3.8) is 0 Å². The molecule has 0 bridgehead atoms. The van der Waals surface area contributed by atoms with E-state index in [1.54, 1.807) is 19.1 Å². The van der Waals surface area contributed by atoms with Gasteiger partial charge in [0.2, 0.25) is 0 Å². The minimum Gasteiger partial charge on any atom is -0.478 e. The third-order valence-corrected chi connectivity index (χ3v) is 4.75. The van der Waals surface area contributed by atoms with E-state index in [1.807, 2.05) is 4.90 Å². The Labute approximate surface area is 156 Å². The van der Waals surface area contributed by atoms with E-state index in [-0.39, 0.29) is 11.5 Å².